The lowest BCUT2D eigenvalue weighted by atomic mass is 9.76. The van der Waals surface area contributed by atoms with Gasteiger partial charge in [-0.2, -0.15) is 0 Å². The summed E-state index contributed by atoms with van der Waals surface area (Å²) in [6.45, 7) is 8.88. The number of hydrogen-bond acceptors (Lipinski definition) is 1. The van der Waals surface area contributed by atoms with E-state index in [1.165, 1.54) is 43.2 Å². The topological polar surface area (TPSA) is 12.0 Å². The summed E-state index contributed by atoms with van der Waals surface area (Å²) in [5.74, 6) is 1.59. The van der Waals surface area contributed by atoms with E-state index >= 15 is 0 Å². The highest BCUT2D eigenvalue weighted by Crippen LogP contribution is 2.36. The molecule has 1 aromatic carbocycles. The minimum atomic E-state index is 0.707. The Hall–Kier alpha value is -0.820. The van der Waals surface area contributed by atoms with Gasteiger partial charge in [-0.15, -0.1) is 0 Å². The van der Waals surface area contributed by atoms with Crippen molar-refractivity contribution in [3.8, 4) is 0 Å². The van der Waals surface area contributed by atoms with Crippen molar-refractivity contribution >= 4 is 0 Å². The minimum absolute atomic E-state index is 0.707. The maximum atomic E-state index is 3.58. The van der Waals surface area contributed by atoms with Crippen molar-refractivity contribution in [2.24, 2.45) is 5.92 Å². The van der Waals surface area contributed by atoms with E-state index < -0.39 is 0 Å². The Kier molecular flexibility index (Phi) is 5.45. The third-order valence-electron chi connectivity index (χ3n) is 4.51. The van der Waals surface area contributed by atoms with Crippen molar-refractivity contribution in [2.75, 3.05) is 13.1 Å². The summed E-state index contributed by atoms with van der Waals surface area (Å²) >= 11 is 0. The molecule has 0 aliphatic heterocycles. The van der Waals surface area contributed by atoms with Crippen LogP contribution < -0.4 is 5.32 Å². The Morgan fingerprint density at radius 3 is 2.26 bits per heavy atom. The van der Waals surface area contributed by atoms with E-state index in [4.69, 9.17) is 0 Å². The molecule has 0 radical (unpaired) electrons. The average Bonchev–Trinajstić information content (AvgIpc) is 2.39. The fourth-order valence-corrected chi connectivity index (χ4v) is 3.62. The number of hydrogen-bond donors (Lipinski definition) is 1. The van der Waals surface area contributed by atoms with Crippen LogP contribution in [0.2, 0.25) is 0 Å². The average molecular weight is 259 g/mol. The van der Waals surface area contributed by atoms with Crippen LogP contribution in [0.3, 0.4) is 0 Å². The molecule has 1 aliphatic carbocycles. The fraction of sp³-hybridized carbons (Fsp3) is 0.667. The molecule has 1 aliphatic rings. The molecule has 1 fully saturated rings. The van der Waals surface area contributed by atoms with E-state index in [2.05, 4.69) is 44.3 Å². The molecule has 0 heterocycles. The van der Waals surface area contributed by atoms with Gasteiger partial charge >= 0.3 is 0 Å². The number of aryl methyl sites for hydroxylation is 2. The lowest BCUT2D eigenvalue weighted by Gasteiger charge is -2.31. The van der Waals surface area contributed by atoms with Crippen molar-refractivity contribution in [3.05, 3.63) is 34.9 Å². The van der Waals surface area contributed by atoms with Crippen LogP contribution in [0.25, 0.3) is 0 Å². The Balaban J connectivity index is 2.19. The smallest absolute Gasteiger partial charge is 0.00227 e. The van der Waals surface area contributed by atoms with Crippen LogP contribution in [0.5, 0.6) is 0 Å². The molecule has 0 bridgehead atoms. The summed E-state index contributed by atoms with van der Waals surface area (Å²) in [7, 11) is 0. The van der Waals surface area contributed by atoms with E-state index in [1.54, 1.807) is 5.56 Å². The van der Waals surface area contributed by atoms with Crippen LogP contribution in [0.15, 0.2) is 18.2 Å². The van der Waals surface area contributed by atoms with E-state index in [1.807, 2.05) is 0 Å². The largest absolute Gasteiger partial charge is 0.316 e. The van der Waals surface area contributed by atoms with Crippen LogP contribution in [-0.2, 0) is 0 Å². The standard InChI is InChI=1S/C18H29N/c1-4-19-13-18(16-8-6-5-7-9-16)17-11-14(2)10-15(3)12-17/h10-12,16,18-19H,4-9,13H2,1-3H3. The molecular weight excluding hydrogens is 230 g/mol. The van der Waals surface area contributed by atoms with Gasteiger partial charge in [0.1, 0.15) is 0 Å². The first kappa shape index (κ1) is 14.6. The molecule has 106 valence electrons. The van der Waals surface area contributed by atoms with Gasteiger partial charge in [-0.3, -0.25) is 0 Å². The van der Waals surface area contributed by atoms with Gasteiger partial charge in [-0.05, 0) is 50.6 Å². The second-order valence-electron chi connectivity index (χ2n) is 6.23. The summed E-state index contributed by atoms with van der Waals surface area (Å²) in [4.78, 5) is 0. The zero-order valence-corrected chi connectivity index (χ0v) is 12.8. The highest BCUT2D eigenvalue weighted by atomic mass is 14.8. The van der Waals surface area contributed by atoms with Crippen LogP contribution >= 0.6 is 0 Å². The van der Waals surface area contributed by atoms with Gasteiger partial charge in [0.25, 0.3) is 0 Å². The van der Waals surface area contributed by atoms with Crippen molar-refractivity contribution in [1.82, 2.24) is 5.32 Å². The van der Waals surface area contributed by atoms with Gasteiger partial charge in [0.2, 0.25) is 0 Å². The predicted molar refractivity (Wildman–Crippen MR) is 83.8 cm³/mol. The van der Waals surface area contributed by atoms with Crippen molar-refractivity contribution in [1.29, 1.82) is 0 Å². The molecule has 1 N–H and O–H groups in total. The first-order chi connectivity index (χ1) is 9.20. The Morgan fingerprint density at radius 2 is 1.68 bits per heavy atom. The maximum Gasteiger partial charge on any atom is 0.00227 e. The first-order valence-corrected chi connectivity index (χ1v) is 7.99. The zero-order chi connectivity index (χ0) is 13.7. The molecule has 0 amide bonds. The third-order valence-corrected chi connectivity index (χ3v) is 4.51. The SMILES string of the molecule is CCNCC(c1cc(C)cc(C)c1)C1CCCCC1. The van der Waals surface area contributed by atoms with Gasteiger partial charge < -0.3 is 5.32 Å². The van der Waals surface area contributed by atoms with Crippen LogP contribution in [-0.4, -0.2) is 13.1 Å². The number of benzene rings is 1. The molecule has 2 rings (SSSR count). The maximum absolute atomic E-state index is 3.58. The predicted octanol–water partition coefficient (Wildman–Crippen LogP) is 4.58. The van der Waals surface area contributed by atoms with Crippen LogP contribution in [0, 0.1) is 19.8 Å². The third kappa shape index (κ3) is 4.07. The fourth-order valence-electron chi connectivity index (χ4n) is 3.62. The number of rotatable bonds is 5. The monoisotopic (exact) mass is 259 g/mol. The molecule has 0 spiro atoms. The van der Waals surface area contributed by atoms with Crippen molar-refractivity contribution in [3.63, 3.8) is 0 Å². The van der Waals surface area contributed by atoms with E-state index in [-0.39, 0.29) is 0 Å². The van der Waals surface area contributed by atoms with E-state index in [0.717, 1.165) is 19.0 Å². The minimum Gasteiger partial charge on any atom is -0.316 e. The summed E-state index contributed by atoms with van der Waals surface area (Å²) in [6, 6.07) is 7.10. The quantitative estimate of drug-likeness (QED) is 0.816. The van der Waals surface area contributed by atoms with Gasteiger partial charge in [0.15, 0.2) is 0 Å². The number of nitrogens with one attached hydrogen (secondary N) is 1. The van der Waals surface area contributed by atoms with Gasteiger partial charge in [0.05, 0.1) is 0 Å². The van der Waals surface area contributed by atoms with E-state index in [9.17, 15) is 0 Å². The normalized spacial score (nSPS) is 18.5. The second-order valence-corrected chi connectivity index (χ2v) is 6.23. The molecule has 19 heavy (non-hydrogen) atoms. The zero-order valence-electron chi connectivity index (χ0n) is 12.8. The Bertz CT molecular complexity index is 370. The second kappa shape index (κ2) is 7.09. The lowest BCUT2D eigenvalue weighted by molar-refractivity contribution is 0.298. The first-order valence-electron chi connectivity index (χ1n) is 7.99. The molecule has 0 saturated heterocycles. The van der Waals surface area contributed by atoms with Gasteiger partial charge in [-0.25, -0.2) is 0 Å². The van der Waals surface area contributed by atoms with Crippen molar-refractivity contribution in [2.45, 2.75) is 58.8 Å². The molecular formula is C18H29N. The van der Waals surface area contributed by atoms with Gasteiger partial charge in [0, 0.05) is 6.54 Å². The summed E-state index contributed by atoms with van der Waals surface area (Å²) in [5, 5.41) is 3.58. The molecule has 0 aromatic heterocycles. The number of likely N-dealkylation sites (N-methyl/N-ethyl adjacent to an activating group) is 1. The van der Waals surface area contributed by atoms with Crippen molar-refractivity contribution < 1.29 is 0 Å². The molecule has 1 nitrogen and oxygen atoms in total. The van der Waals surface area contributed by atoms with Crippen LogP contribution in [0.1, 0.15) is 61.6 Å². The molecule has 1 aromatic rings. The Morgan fingerprint density at radius 1 is 1.05 bits per heavy atom. The molecule has 1 unspecified atom stereocenters. The lowest BCUT2D eigenvalue weighted by Crippen LogP contribution is -2.28. The summed E-state index contributed by atoms with van der Waals surface area (Å²) in [5.41, 5.74) is 4.38. The molecule has 1 saturated carbocycles. The highest BCUT2D eigenvalue weighted by Gasteiger charge is 2.24. The molecule has 1 atom stereocenters. The molecule has 1 heteroatoms. The highest BCUT2D eigenvalue weighted by molar-refractivity contribution is 5.31. The summed E-state index contributed by atoms with van der Waals surface area (Å²) in [6.07, 6.45) is 7.14. The Labute approximate surface area is 118 Å². The van der Waals surface area contributed by atoms with E-state index in [0.29, 0.717) is 5.92 Å². The summed E-state index contributed by atoms with van der Waals surface area (Å²) < 4.78 is 0. The van der Waals surface area contributed by atoms with Gasteiger partial charge in [-0.1, -0.05) is 55.5 Å². The van der Waals surface area contributed by atoms with Crippen LogP contribution in [0.4, 0.5) is 0 Å².